The van der Waals surface area contributed by atoms with Crippen LogP contribution in [-0.4, -0.2) is 10.6 Å². The van der Waals surface area contributed by atoms with Crippen LogP contribution in [0.5, 0.6) is 0 Å². The van der Waals surface area contributed by atoms with Crippen molar-refractivity contribution < 1.29 is 0 Å². The zero-order valence-corrected chi connectivity index (χ0v) is 10.4. The topological polar surface area (TPSA) is 30.9 Å². The minimum Gasteiger partial charge on any atom is -0.349 e. The summed E-state index contributed by atoms with van der Waals surface area (Å²) in [5, 5.41) is 2.12. The fourth-order valence-corrected chi connectivity index (χ4v) is 2.45. The smallest absolute Gasteiger partial charge is 0.0563 e. The number of aromatic nitrogens is 1. The van der Waals surface area contributed by atoms with Gasteiger partial charge in [0.05, 0.1) is 6.54 Å². The number of hydrogen-bond acceptors (Lipinski definition) is 2. The van der Waals surface area contributed by atoms with E-state index >= 15 is 0 Å². The molecular formula is C13H18N2S. The molecule has 0 aliphatic heterocycles. The second-order valence-electron chi connectivity index (χ2n) is 4.14. The summed E-state index contributed by atoms with van der Waals surface area (Å²) >= 11 is 1.80. The minimum atomic E-state index is 0.289. The van der Waals surface area contributed by atoms with Crippen LogP contribution in [0.1, 0.15) is 23.8 Å². The van der Waals surface area contributed by atoms with Crippen molar-refractivity contribution >= 4 is 11.3 Å². The van der Waals surface area contributed by atoms with E-state index in [1.807, 2.05) is 0 Å². The van der Waals surface area contributed by atoms with Crippen molar-refractivity contribution in [1.82, 2.24) is 4.57 Å². The molecule has 2 heterocycles. The average molecular weight is 234 g/mol. The van der Waals surface area contributed by atoms with Crippen molar-refractivity contribution in [2.75, 3.05) is 0 Å². The van der Waals surface area contributed by atoms with Crippen LogP contribution in [0.2, 0.25) is 0 Å². The zero-order valence-electron chi connectivity index (χ0n) is 9.60. The number of thiophene rings is 1. The summed E-state index contributed by atoms with van der Waals surface area (Å²) in [5.41, 5.74) is 7.28. The maximum Gasteiger partial charge on any atom is 0.0563 e. The molecule has 2 N–H and O–H groups in total. The fraction of sp³-hybridized carbons (Fsp3) is 0.385. The molecule has 0 aromatic carbocycles. The summed E-state index contributed by atoms with van der Waals surface area (Å²) < 4.78 is 2.23. The predicted molar refractivity (Wildman–Crippen MR) is 69.8 cm³/mol. The third kappa shape index (κ3) is 2.97. The second kappa shape index (κ2) is 5.32. The number of hydrogen-bond donors (Lipinski definition) is 1. The Labute approximate surface area is 101 Å². The molecule has 0 radical (unpaired) electrons. The van der Waals surface area contributed by atoms with Crippen LogP contribution in [0.25, 0.3) is 0 Å². The second-order valence-corrected chi connectivity index (χ2v) is 5.18. The lowest BCUT2D eigenvalue weighted by Gasteiger charge is -2.05. The molecule has 2 aromatic rings. The highest BCUT2D eigenvalue weighted by Crippen LogP contribution is 2.12. The minimum absolute atomic E-state index is 0.289. The molecule has 0 aliphatic carbocycles. The van der Waals surface area contributed by atoms with E-state index in [-0.39, 0.29) is 6.04 Å². The van der Waals surface area contributed by atoms with Gasteiger partial charge in [-0.1, -0.05) is 13.0 Å². The monoisotopic (exact) mass is 234 g/mol. The van der Waals surface area contributed by atoms with Crippen LogP contribution in [0.15, 0.2) is 36.0 Å². The van der Waals surface area contributed by atoms with Crippen molar-refractivity contribution in [2.24, 2.45) is 5.73 Å². The van der Waals surface area contributed by atoms with Gasteiger partial charge in [-0.25, -0.2) is 0 Å². The van der Waals surface area contributed by atoms with Crippen molar-refractivity contribution in [2.45, 2.75) is 32.4 Å². The van der Waals surface area contributed by atoms with Gasteiger partial charge in [-0.15, -0.1) is 11.3 Å². The first-order valence-electron chi connectivity index (χ1n) is 5.70. The Hall–Kier alpha value is -1.06. The van der Waals surface area contributed by atoms with Gasteiger partial charge in [0.1, 0.15) is 0 Å². The SMILES string of the molecule is CCC(N)Cc1ccn(Cc2cccs2)c1. The van der Waals surface area contributed by atoms with Gasteiger partial charge in [0.15, 0.2) is 0 Å². The maximum absolute atomic E-state index is 5.94. The largest absolute Gasteiger partial charge is 0.349 e. The maximum atomic E-state index is 5.94. The van der Waals surface area contributed by atoms with E-state index in [2.05, 4.69) is 47.5 Å². The zero-order chi connectivity index (χ0) is 11.4. The highest BCUT2D eigenvalue weighted by atomic mass is 32.1. The molecule has 1 atom stereocenters. The Bertz CT molecular complexity index is 417. The van der Waals surface area contributed by atoms with Gasteiger partial charge in [0, 0.05) is 23.3 Å². The van der Waals surface area contributed by atoms with E-state index in [1.165, 1.54) is 10.4 Å². The van der Waals surface area contributed by atoms with Crippen LogP contribution < -0.4 is 5.73 Å². The molecule has 16 heavy (non-hydrogen) atoms. The molecule has 0 bridgehead atoms. The third-order valence-corrected chi connectivity index (χ3v) is 3.61. The molecule has 2 aromatic heterocycles. The average Bonchev–Trinajstić information content (AvgIpc) is 2.91. The molecule has 2 nitrogen and oxygen atoms in total. The molecular weight excluding hydrogens is 216 g/mol. The standard InChI is InChI=1S/C13H18N2S/c1-2-12(14)8-11-5-6-15(9-11)10-13-4-3-7-16-13/h3-7,9,12H,2,8,10,14H2,1H3. The predicted octanol–water partition coefficient (Wildman–Crippen LogP) is 2.88. The van der Waals surface area contributed by atoms with E-state index in [4.69, 9.17) is 5.73 Å². The van der Waals surface area contributed by atoms with Crippen molar-refractivity contribution in [3.63, 3.8) is 0 Å². The first-order chi connectivity index (χ1) is 7.78. The Balaban J connectivity index is 1.97. The molecule has 0 amide bonds. The van der Waals surface area contributed by atoms with Crippen molar-refractivity contribution in [1.29, 1.82) is 0 Å². The van der Waals surface area contributed by atoms with Crippen LogP contribution in [0.3, 0.4) is 0 Å². The number of rotatable bonds is 5. The molecule has 0 fully saturated rings. The fourth-order valence-electron chi connectivity index (χ4n) is 1.74. The van der Waals surface area contributed by atoms with Gasteiger partial charge in [0.25, 0.3) is 0 Å². The van der Waals surface area contributed by atoms with Gasteiger partial charge >= 0.3 is 0 Å². The summed E-state index contributed by atoms with van der Waals surface area (Å²) in [5.74, 6) is 0. The van der Waals surface area contributed by atoms with Crippen LogP contribution in [0.4, 0.5) is 0 Å². The van der Waals surface area contributed by atoms with E-state index in [9.17, 15) is 0 Å². The molecule has 3 heteroatoms. The van der Waals surface area contributed by atoms with E-state index < -0.39 is 0 Å². The highest BCUT2D eigenvalue weighted by Gasteiger charge is 2.03. The van der Waals surface area contributed by atoms with E-state index in [0.29, 0.717) is 0 Å². The Morgan fingerprint density at radius 3 is 3.00 bits per heavy atom. The summed E-state index contributed by atoms with van der Waals surface area (Å²) in [6.07, 6.45) is 6.36. The molecule has 0 saturated heterocycles. The summed E-state index contributed by atoms with van der Waals surface area (Å²) in [7, 11) is 0. The first kappa shape index (κ1) is 11.4. The quantitative estimate of drug-likeness (QED) is 0.847. The number of nitrogens with zero attached hydrogens (tertiary/aromatic N) is 1. The summed E-state index contributed by atoms with van der Waals surface area (Å²) in [6.45, 7) is 3.10. The Morgan fingerprint density at radius 1 is 1.44 bits per heavy atom. The van der Waals surface area contributed by atoms with E-state index in [0.717, 1.165) is 19.4 Å². The van der Waals surface area contributed by atoms with Gasteiger partial charge in [-0.3, -0.25) is 0 Å². The van der Waals surface area contributed by atoms with Crippen LogP contribution in [-0.2, 0) is 13.0 Å². The Kier molecular flexibility index (Phi) is 3.80. The normalized spacial score (nSPS) is 12.9. The molecule has 86 valence electrons. The molecule has 0 spiro atoms. The lowest BCUT2D eigenvalue weighted by atomic mass is 10.1. The third-order valence-electron chi connectivity index (χ3n) is 2.75. The van der Waals surface area contributed by atoms with Crippen LogP contribution in [0, 0.1) is 0 Å². The molecule has 2 rings (SSSR count). The molecule has 0 saturated carbocycles. The Morgan fingerprint density at radius 2 is 2.31 bits per heavy atom. The first-order valence-corrected chi connectivity index (χ1v) is 6.58. The van der Waals surface area contributed by atoms with Crippen LogP contribution >= 0.6 is 11.3 Å². The summed E-state index contributed by atoms with van der Waals surface area (Å²) in [6, 6.07) is 6.72. The highest BCUT2D eigenvalue weighted by molar-refractivity contribution is 7.09. The van der Waals surface area contributed by atoms with Gasteiger partial charge in [-0.2, -0.15) is 0 Å². The lowest BCUT2D eigenvalue weighted by molar-refractivity contribution is 0.645. The van der Waals surface area contributed by atoms with Crippen molar-refractivity contribution in [3.05, 3.63) is 46.4 Å². The van der Waals surface area contributed by atoms with Gasteiger partial charge < -0.3 is 10.3 Å². The van der Waals surface area contributed by atoms with Gasteiger partial charge in [0.2, 0.25) is 0 Å². The molecule has 1 unspecified atom stereocenters. The number of nitrogens with two attached hydrogens (primary N) is 1. The molecule has 0 aliphatic rings. The lowest BCUT2D eigenvalue weighted by Crippen LogP contribution is -2.21. The van der Waals surface area contributed by atoms with Gasteiger partial charge in [-0.05, 0) is 35.9 Å². The summed E-state index contributed by atoms with van der Waals surface area (Å²) in [4.78, 5) is 1.39. The van der Waals surface area contributed by atoms with E-state index in [1.54, 1.807) is 11.3 Å². The van der Waals surface area contributed by atoms with Crippen molar-refractivity contribution in [3.8, 4) is 0 Å².